The highest BCUT2D eigenvalue weighted by Gasteiger charge is 2.32. The zero-order valence-corrected chi connectivity index (χ0v) is 77.4. The standard InChI is InChI=1S/C36H50N4O3.C35H51N5O4.C30H40N4O3/c1-8-10-19-43-31-17-11-27(12-18-31)28-21-32(35(41)37-23-33-24(3)20-25(4)38-36(33)42)26(5)34(22-28)40(9-2)30-15-13-29(14-16-30)39(6)7;1-7-40(30-12-10-29(11-13-30)38(5)15-18-43-6)33-23-28(9-8-14-39-16-19-44-20-17-39)22-31(27(33)4)34(41)36-24-32-25(2)21-26(3)37-35(32)42;1-5-34(26-10-14-37-15-11-26)27-18-24(7-6-23-8-12-33(4)13-9-23)17-25(19-27)29(35)31-20-28-21(2)16-22(3)32-30(28)36/h11-12,17-18,20-22,29-30H,8-10,13-16,19,23H2,1-7H3,(H,37,41)(H,38,42);21-23,29-30H,7,10-20,24H2,1-6H3,(H,36,41)(H,37,42);16-19,23,26H,5,8-15,20H2,1-4H3,(H,31,35)(H,32,36). The van der Waals surface area contributed by atoms with Crippen molar-refractivity contribution in [3.05, 3.63) is 205 Å². The van der Waals surface area contributed by atoms with Crippen molar-refractivity contribution in [2.24, 2.45) is 5.92 Å². The molecule has 6 N–H and O–H groups in total. The fourth-order valence-corrected chi connectivity index (χ4v) is 18.2. The molecule has 3 aliphatic heterocycles. The Bertz CT molecular complexity index is 5010. The van der Waals surface area contributed by atoms with Gasteiger partial charge in [0.25, 0.3) is 34.4 Å². The van der Waals surface area contributed by atoms with Crippen molar-refractivity contribution in [1.82, 2.24) is 50.5 Å². The molecule has 23 heteroatoms. The topological polar surface area (TPSA) is 245 Å². The molecular weight excluding hydrogens is 1560 g/mol. The third kappa shape index (κ3) is 26.9. The number of ether oxygens (including phenoxy) is 4. The van der Waals surface area contributed by atoms with E-state index in [0.29, 0.717) is 82.7 Å². The summed E-state index contributed by atoms with van der Waals surface area (Å²) >= 11 is 0. The number of carbonyl (C=O) groups excluding carboxylic acids is 3. The fourth-order valence-electron chi connectivity index (χ4n) is 18.2. The van der Waals surface area contributed by atoms with Crippen LogP contribution >= 0.6 is 0 Å². The molecule has 670 valence electrons. The van der Waals surface area contributed by atoms with E-state index in [1.807, 2.05) is 103 Å². The van der Waals surface area contributed by atoms with Gasteiger partial charge in [-0.1, -0.05) is 49.2 Å². The Morgan fingerprint density at radius 1 is 0.500 bits per heavy atom. The number of carbonyl (C=O) groups is 3. The molecule has 0 atom stereocenters. The van der Waals surface area contributed by atoms with E-state index in [1.54, 1.807) is 7.11 Å². The number of unbranched alkanes of at least 4 members (excludes halogenated alkanes) is 1. The van der Waals surface area contributed by atoms with Crippen molar-refractivity contribution < 1.29 is 33.3 Å². The monoisotopic (exact) mass is 1700 g/mol. The minimum absolute atomic E-state index is 0.157. The second kappa shape index (κ2) is 47.5. The van der Waals surface area contributed by atoms with Gasteiger partial charge in [-0.05, 0) is 313 Å². The number of pyridine rings is 3. The number of amides is 3. The van der Waals surface area contributed by atoms with E-state index in [-0.39, 0.29) is 54.0 Å². The Labute approximate surface area is 737 Å². The highest BCUT2D eigenvalue weighted by Crippen LogP contribution is 2.38. The number of aromatic nitrogens is 3. The van der Waals surface area contributed by atoms with E-state index < -0.39 is 0 Å². The third-order valence-electron chi connectivity index (χ3n) is 25.7. The zero-order valence-electron chi connectivity index (χ0n) is 77.4. The summed E-state index contributed by atoms with van der Waals surface area (Å²) in [7, 11) is 10.5. The molecule has 5 aliphatic rings. The number of methoxy groups -OCH3 is 1. The van der Waals surface area contributed by atoms with E-state index in [4.69, 9.17) is 18.9 Å². The Morgan fingerprint density at radius 3 is 1.48 bits per heavy atom. The minimum Gasteiger partial charge on any atom is -0.494 e. The number of nitrogens with one attached hydrogen (secondary N) is 6. The maximum Gasteiger partial charge on any atom is 0.253 e. The van der Waals surface area contributed by atoms with Crippen LogP contribution in [0.3, 0.4) is 0 Å². The molecule has 3 saturated heterocycles. The van der Waals surface area contributed by atoms with E-state index in [0.717, 1.165) is 252 Å². The Balaban J connectivity index is 0.000000195. The maximum absolute atomic E-state index is 13.8. The van der Waals surface area contributed by atoms with Gasteiger partial charge in [0, 0.05) is 194 Å². The number of morpholine rings is 1. The molecule has 0 bridgehead atoms. The maximum atomic E-state index is 13.8. The lowest BCUT2D eigenvalue weighted by atomic mass is 9.88. The van der Waals surface area contributed by atoms with Crippen LogP contribution < -0.4 is 52.1 Å². The van der Waals surface area contributed by atoms with E-state index in [2.05, 4.69) is 182 Å². The number of rotatable bonds is 29. The number of aryl methyl sites for hydroxylation is 6. The Hall–Kier alpha value is -9.82. The summed E-state index contributed by atoms with van der Waals surface area (Å²) in [4.78, 5) is 104. The first-order valence-corrected chi connectivity index (χ1v) is 45.5. The van der Waals surface area contributed by atoms with Gasteiger partial charge in [0.1, 0.15) is 5.75 Å². The van der Waals surface area contributed by atoms with Gasteiger partial charge in [0.15, 0.2) is 0 Å². The summed E-state index contributed by atoms with van der Waals surface area (Å²) in [6, 6.07) is 30.6. The molecule has 5 fully saturated rings. The van der Waals surface area contributed by atoms with Gasteiger partial charge >= 0.3 is 0 Å². The van der Waals surface area contributed by atoms with Crippen LogP contribution in [0.5, 0.6) is 5.75 Å². The van der Waals surface area contributed by atoms with Crippen LogP contribution in [0, 0.1) is 85.0 Å². The first kappa shape index (κ1) is 96.4. The fraction of sp³-hybridized carbons (Fsp3) is 0.545. The first-order chi connectivity index (χ1) is 59.7. The van der Waals surface area contributed by atoms with Crippen LogP contribution in [0.25, 0.3) is 11.1 Å². The average molecular weight is 1700 g/mol. The molecule has 0 spiro atoms. The van der Waals surface area contributed by atoms with Gasteiger partial charge in [-0.2, -0.15) is 0 Å². The van der Waals surface area contributed by atoms with Crippen molar-refractivity contribution >= 4 is 34.8 Å². The smallest absolute Gasteiger partial charge is 0.253 e. The number of hydrogen-bond donors (Lipinski definition) is 6. The molecule has 2 saturated carbocycles. The van der Waals surface area contributed by atoms with Crippen LogP contribution in [-0.2, 0) is 33.8 Å². The largest absolute Gasteiger partial charge is 0.494 e. The summed E-state index contributed by atoms with van der Waals surface area (Å²) in [5.74, 6) is 14.2. The van der Waals surface area contributed by atoms with E-state index >= 15 is 0 Å². The van der Waals surface area contributed by atoms with Crippen molar-refractivity contribution in [3.8, 4) is 40.6 Å². The van der Waals surface area contributed by atoms with Gasteiger partial charge in [-0.15, -0.1) is 0 Å². The summed E-state index contributed by atoms with van der Waals surface area (Å²) in [6.45, 7) is 37.1. The molecular formula is C101H141N13O10. The molecule has 2 aliphatic carbocycles. The molecule has 124 heavy (non-hydrogen) atoms. The van der Waals surface area contributed by atoms with Gasteiger partial charge < -0.3 is 79.2 Å². The summed E-state index contributed by atoms with van der Waals surface area (Å²) in [5.41, 5.74) is 16.9. The van der Waals surface area contributed by atoms with Crippen LogP contribution in [0.4, 0.5) is 17.1 Å². The van der Waals surface area contributed by atoms with Crippen molar-refractivity contribution in [1.29, 1.82) is 0 Å². The molecule has 23 nitrogen and oxygen atoms in total. The van der Waals surface area contributed by atoms with Crippen LogP contribution in [0.2, 0.25) is 0 Å². The molecule has 7 aromatic rings. The van der Waals surface area contributed by atoms with Crippen LogP contribution in [0.1, 0.15) is 221 Å². The predicted octanol–water partition coefficient (Wildman–Crippen LogP) is 14.0. The zero-order chi connectivity index (χ0) is 89.1. The van der Waals surface area contributed by atoms with Crippen LogP contribution in [0.15, 0.2) is 99.3 Å². The molecule has 3 amide bonds. The first-order valence-electron chi connectivity index (χ1n) is 45.5. The number of H-pyrrole nitrogens is 3. The third-order valence-corrected chi connectivity index (χ3v) is 25.7. The molecule has 0 radical (unpaired) electrons. The van der Waals surface area contributed by atoms with E-state index in [9.17, 15) is 28.8 Å². The number of nitrogens with zero attached hydrogens (tertiary/aromatic N) is 7. The summed E-state index contributed by atoms with van der Waals surface area (Å²) in [5, 5.41) is 9.05. The minimum atomic E-state index is -0.202. The highest BCUT2D eigenvalue weighted by molar-refractivity contribution is 6.00. The number of likely N-dealkylation sites (tertiary alicyclic amines) is 1. The summed E-state index contributed by atoms with van der Waals surface area (Å²) < 4.78 is 22.3. The molecule has 3 aromatic heterocycles. The number of anilines is 3. The Kier molecular flexibility index (Phi) is 36.9. The molecule has 0 unspecified atom stereocenters. The molecule has 4 aromatic carbocycles. The molecule has 6 heterocycles. The van der Waals surface area contributed by atoms with Gasteiger partial charge in [0.05, 0.1) is 33.0 Å². The van der Waals surface area contributed by atoms with Crippen LogP contribution in [-0.4, -0.2) is 216 Å². The van der Waals surface area contributed by atoms with E-state index in [1.165, 1.54) is 12.8 Å². The SMILES string of the molecule is CCCCOc1ccc(-c2cc(C(=O)NCc3c(C)cc(C)[nH]c3=O)c(C)c(N(CC)C3CCC(N(C)C)CC3)c2)cc1.CCN(c1cc(C#CC2CCN(C)CC2)cc(C(=O)NCc2c(C)cc(C)[nH]c2=O)c1)C1CCOCC1.CCN(c1cc(C#CCN2CCOCC2)cc(C(=O)NCc2c(C)cc(C)[nH]c2=O)c1C)C1CCC(N(C)CCOC)CC1. The highest BCUT2D eigenvalue weighted by atomic mass is 16.5. The Morgan fingerprint density at radius 2 is 0.976 bits per heavy atom. The van der Waals surface area contributed by atoms with Gasteiger partial charge in [0.2, 0.25) is 0 Å². The summed E-state index contributed by atoms with van der Waals surface area (Å²) in [6.07, 6.45) is 15.3. The average Bonchev–Trinajstić information content (AvgIpc) is 0.799. The lowest BCUT2D eigenvalue weighted by molar-refractivity contribution is 0.0443. The lowest BCUT2D eigenvalue weighted by Gasteiger charge is -2.41. The predicted molar refractivity (Wildman–Crippen MR) is 502 cm³/mol. The van der Waals surface area contributed by atoms with Crippen molar-refractivity contribution in [2.45, 2.75) is 223 Å². The number of likely N-dealkylation sites (N-methyl/N-ethyl adjacent to an activating group) is 1. The number of benzene rings is 4. The normalized spacial score (nSPS) is 17.7. The molecule has 12 rings (SSSR count). The van der Waals surface area contributed by atoms with Crippen molar-refractivity contribution in [3.63, 3.8) is 0 Å². The quantitative estimate of drug-likeness (QED) is 0.0188. The lowest BCUT2D eigenvalue weighted by Crippen LogP contribution is -2.44. The van der Waals surface area contributed by atoms with Crippen molar-refractivity contribution in [2.75, 3.05) is 149 Å². The van der Waals surface area contributed by atoms with Gasteiger partial charge in [-0.25, -0.2) is 0 Å². The second-order valence-electron chi connectivity index (χ2n) is 34.8. The second-order valence-corrected chi connectivity index (χ2v) is 34.8. The number of aromatic amines is 3. The number of hydrogen-bond acceptors (Lipinski definition) is 17. The van der Waals surface area contributed by atoms with Gasteiger partial charge in [-0.3, -0.25) is 33.7 Å². The number of piperidine rings is 1.